The summed E-state index contributed by atoms with van der Waals surface area (Å²) in [6.45, 7) is -2.80. The van der Waals surface area contributed by atoms with Crippen LogP contribution in [-0.2, 0) is 0 Å². The molecule has 1 atom stereocenters. The normalized spacial score (nSPS) is 14.3. The van der Waals surface area contributed by atoms with Gasteiger partial charge < -0.3 is 5.21 Å². The van der Waals surface area contributed by atoms with E-state index in [0.717, 1.165) is 12.8 Å². The van der Waals surface area contributed by atoms with E-state index < -0.39 is 18.4 Å². The number of tetrazole rings is 1. The number of aromatic nitrogens is 9. The number of hydrogen-bond donors (Lipinski definition) is 0. The molecule has 6 rings (SSSR count). The molecule has 1 saturated carbocycles. The minimum atomic E-state index is -2.80. The van der Waals surface area contributed by atoms with Gasteiger partial charge in [-0.15, -0.1) is 5.10 Å². The van der Waals surface area contributed by atoms with Crippen LogP contribution in [0.5, 0.6) is 0 Å². The first-order valence-electron chi connectivity index (χ1n) is 11.7. The molecular weight excluding hydrogens is 523 g/mol. The highest BCUT2D eigenvalue weighted by molar-refractivity contribution is 6.31. The predicted molar refractivity (Wildman–Crippen MR) is 129 cm³/mol. The predicted octanol–water partition coefficient (Wildman–Crippen LogP) is 4.60. The van der Waals surface area contributed by atoms with Gasteiger partial charge in [-0.25, -0.2) is 9.07 Å². The van der Waals surface area contributed by atoms with Crippen molar-refractivity contribution in [1.29, 1.82) is 0 Å². The van der Waals surface area contributed by atoms with E-state index in [1.165, 1.54) is 41.7 Å². The Morgan fingerprint density at radius 3 is 2.66 bits per heavy atom. The summed E-state index contributed by atoms with van der Waals surface area (Å²) in [5, 5.41) is 32.3. The fourth-order valence-corrected chi connectivity index (χ4v) is 4.71. The number of alkyl halides is 2. The van der Waals surface area contributed by atoms with Gasteiger partial charge in [0, 0.05) is 24.0 Å². The van der Waals surface area contributed by atoms with Crippen molar-refractivity contribution in [3.8, 4) is 28.1 Å². The van der Waals surface area contributed by atoms with Crippen molar-refractivity contribution in [3.05, 3.63) is 83.2 Å². The minimum Gasteiger partial charge on any atom is -0.618 e. The molecule has 0 spiro atoms. The number of nitrogens with zero attached hydrogens (tertiary/aromatic N) is 9. The van der Waals surface area contributed by atoms with Gasteiger partial charge in [0.05, 0.1) is 33.7 Å². The zero-order valence-corrected chi connectivity index (χ0v) is 20.3. The van der Waals surface area contributed by atoms with Gasteiger partial charge in [0.25, 0.3) is 0 Å². The van der Waals surface area contributed by atoms with Gasteiger partial charge in [0.15, 0.2) is 12.0 Å². The molecule has 4 heterocycles. The van der Waals surface area contributed by atoms with Crippen LogP contribution in [0.15, 0.2) is 61.4 Å². The molecule has 1 aliphatic rings. The van der Waals surface area contributed by atoms with E-state index in [1.54, 1.807) is 29.1 Å². The molecule has 0 N–H and O–H groups in total. The second kappa shape index (κ2) is 9.56. The van der Waals surface area contributed by atoms with Crippen LogP contribution in [0, 0.1) is 16.9 Å². The van der Waals surface area contributed by atoms with Crippen LogP contribution >= 0.6 is 11.6 Å². The van der Waals surface area contributed by atoms with Crippen LogP contribution in [0.2, 0.25) is 5.02 Å². The molecule has 0 aliphatic heterocycles. The lowest BCUT2D eigenvalue weighted by molar-refractivity contribution is -0.615. The van der Waals surface area contributed by atoms with Gasteiger partial charge >= 0.3 is 6.55 Å². The molecule has 0 saturated heterocycles. The van der Waals surface area contributed by atoms with Gasteiger partial charge in [-0.2, -0.15) is 28.4 Å². The Morgan fingerprint density at radius 1 is 1.11 bits per heavy atom. The molecule has 1 fully saturated rings. The zero-order chi connectivity index (χ0) is 26.4. The van der Waals surface area contributed by atoms with Crippen LogP contribution < -0.4 is 4.73 Å². The Hall–Kier alpha value is -4.26. The van der Waals surface area contributed by atoms with Crippen molar-refractivity contribution in [2.75, 3.05) is 0 Å². The van der Waals surface area contributed by atoms with Gasteiger partial charge in [0.2, 0.25) is 5.69 Å². The van der Waals surface area contributed by atoms with E-state index in [9.17, 15) is 14.0 Å². The summed E-state index contributed by atoms with van der Waals surface area (Å²) in [5.41, 5.74) is 1.71. The van der Waals surface area contributed by atoms with Crippen molar-refractivity contribution in [1.82, 2.24) is 39.8 Å². The Balaban J connectivity index is 1.39. The van der Waals surface area contributed by atoms with E-state index in [2.05, 4.69) is 25.7 Å². The van der Waals surface area contributed by atoms with E-state index >= 15 is 4.39 Å². The lowest BCUT2D eigenvalue weighted by Gasteiger charge is -2.18. The zero-order valence-electron chi connectivity index (χ0n) is 19.6. The summed E-state index contributed by atoms with van der Waals surface area (Å²) in [4.78, 5) is 0. The topological polar surface area (TPSA) is 106 Å². The second-order valence-electron chi connectivity index (χ2n) is 9.02. The number of benzene rings is 1. The molecule has 4 aromatic heterocycles. The molecule has 38 heavy (non-hydrogen) atoms. The van der Waals surface area contributed by atoms with E-state index in [0.29, 0.717) is 38.7 Å². The minimum absolute atomic E-state index is 0.0707. The van der Waals surface area contributed by atoms with Crippen LogP contribution in [-0.4, -0.2) is 39.8 Å². The fourth-order valence-electron chi connectivity index (χ4n) is 4.55. The molecule has 1 unspecified atom stereocenters. The third kappa shape index (κ3) is 4.38. The van der Waals surface area contributed by atoms with Crippen LogP contribution in [0.1, 0.15) is 37.5 Å². The smallest absolute Gasteiger partial charge is 0.333 e. The number of rotatable bonds is 8. The second-order valence-corrected chi connectivity index (χ2v) is 9.43. The standard InChI is InChI=1S/C24H19ClF3N9O/c25-17-4-6-20(35-13-29-32-33-35)22(23(17)26)15-3-5-19(36(38)12-15)21(9-14-1-2-14)34-11-16(10-31-34)18-7-8-30-37(18)24(27)28/h3-8,10-14,21,24H,1-2,9H2. The molecule has 5 aromatic rings. The fraction of sp³-hybridized carbons (Fsp3) is 0.250. The molecule has 0 bridgehead atoms. The summed E-state index contributed by atoms with van der Waals surface area (Å²) in [6, 6.07) is 7.21. The van der Waals surface area contributed by atoms with Gasteiger partial charge in [-0.3, -0.25) is 4.68 Å². The van der Waals surface area contributed by atoms with Crippen LogP contribution in [0.3, 0.4) is 0 Å². The molecule has 1 aromatic carbocycles. The maximum Gasteiger partial charge on any atom is 0.333 e. The maximum atomic E-state index is 15.2. The Bertz CT molecular complexity index is 1600. The highest BCUT2D eigenvalue weighted by Crippen LogP contribution is 2.39. The van der Waals surface area contributed by atoms with E-state index in [4.69, 9.17) is 11.6 Å². The van der Waals surface area contributed by atoms with Crippen LogP contribution in [0.4, 0.5) is 13.2 Å². The summed E-state index contributed by atoms with van der Waals surface area (Å²) in [5.74, 6) is -0.301. The highest BCUT2D eigenvalue weighted by atomic mass is 35.5. The maximum absolute atomic E-state index is 15.2. The van der Waals surface area contributed by atoms with Crippen molar-refractivity contribution < 1.29 is 17.9 Å². The number of pyridine rings is 1. The lowest BCUT2D eigenvalue weighted by atomic mass is 10.0. The molecule has 0 amide bonds. The Labute approximate surface area is 218 Å². The first kappa shape index (κ1) is 24.1. The van der Waals surface area contributed by atoms with E-state index in [1.807, 2.05) is 0 Å². The van der Waals surface area contributed by atoms with Gasteiger partial charge in [0.1, 0.15) is 12.4 Å². The molecule has 10 nitrogen and oxygen atoms in total. The average molecular weight is 542 g/mol. The largest absolute Gasteiger partial charge is 0.618 e. The van der Waals surface area contributed by atoms with Gasteiger partial charge in [-0.05, 0) is 47.0 Å². The quantitative estimate of drug-likeness (QED) is 0.210. The summed E-state index contributed by atoms with van der Waals surface area (Å²) >= 11 is 6.05. The first-order valence-corrected chi connectivity index (χ1v) is 12.1. The first-order chi connectivity index (χ1) is 18.4. The number of halogens is 4. The highest BCUT2D eigenvalue weighted by Gasteiger charge is 2.32. The third-order valence-electron chi connectivity index (χ3n) is 6.57. The number of hydrogen-bond acceptors (Lipinski definition) is 6. The average Bonchev–Trinajstić information content (AvgIpc) is 3.31. The van der Waals surface area contributed by atoms with Gasteiger partial charge in [-0.1, -0.05) is 24.4 Å². The molecule has 194 valence electrons. The molecule has 14 heteroatoms. The van der Waals surface area contributed by atoms with E-state index in [-0.39, 0.29) is 21.8 Å². The monoisotopic (exact) mass is 541 g/mol. The van der Waals surface area contributed by atoms with Crippen molar-refractivity contribution in [2.24, 2.45) is 5.92 Å². The lowest BCUT2D eigenvalue weighted by Crippen LogP contribution is -2.35. The third-order valence-corrected chi connectivity index (χ3v) is 6.86. The SMILES string of the molecule is [O-][n+]1cc(-c2c(-n3cnnn3)ccc(Cl)c2F)ccc1C(CC1CC1)n1cc(-c2ccnn2C(F)F)cn1. The molecule has 1 aliphatic carbocycles. The van der Waals surface area contributed by atoms with Crippen LogP contribution in [0.25, 0.3) is 28.1 Å². The Morgan fingerprint density at radius 2 is 1.95 bits per heavy atom. The summed E-state index contributed by atoms with van der Waals surface area (Å²) < 4.78 is 46.1. The summed E-state index contributed by atoms with van der Waals surface area (Å²) in [7, 11) is 0. The van der Waals surface area contributed by atoms with Crippen molar-refractivity contribution in [2.45, 2.75) is 31.9 Å². The summed E-state index contributed by atoms with van der Waals surface area (Å²) in [6.07, 6.45) is 9.68. The molecule has 0 radical (unpaired) electrons. The Kier molecular flexibility index (Phi) is 6.06. The van der Waals surface area contributed by atoms with Crippen molar-refractivity contribution >= 4 is 11.6 Å². The molecular formula is C24H19ClF3N9O. The van der Waals surface area contributed by atoms with Crippen molar-refractivity contribution in [3.63, 3.8) is 0 Å².